The second-order valence-corrected chi connectivity index (χ2v) is 15.9. The van der Waals surface area contributed by atoms with E-state index in [9.17, 15) is 5.26 Å². The van der Waals surface area contributed by atoms with Crippen LogP contribution in [0.2, 0.25) is 0 Å². The number of hydrogen-bond donors (Lipinski definition) is 0. The van der Waals surface area contributed by atoms with Crippen molar-refractivity contribution in [1.82, 2.24) is 0 Å². The zero-order valence-corrected chi connectivity index (χ0v) is 27.6. The highest BCUT2D eigenvalue weighted by Gasteiger charge is 2.35. The van der Waals surface area contributed by atoms with Gasteiger partial charge in [-0.1, -0.05) is 77.9 Å². The van der Waals surface area contributed by atoms with Crippen LogP contribution in [0, 0.1) is 34.5 Å². The van der Waals surface area contributed by atoms with Gasteiger partial charge in [-0.25, -0.2) is 4.57 Å². The number of rotatable bonds is 4. The zero-order chi connectivity index (χ0) is 31.1. The van der Waals surface area contributed by atoms with Gasteiger partial charge in [0, 0.05) is 17.0 Å². The van der Waals surface area contributed by atoms with Gasteiger partial charge in [0.1, 0.15) is 18.5 Å². The summed E-state index contributed by atoms with van der Waals surface area (Å²) in [5.74, 6) is 1.94. The third kappa shape index (κ3) is 5.27. The number of hydrogen-bond acceptors (Lipinski definition) is 2. The summed E-state index contributed by atoms with van der Waals surface area (Å²) in [6, 6.07) is 20.7. The molecule has 0 atom stereocenters. The van der Waals surface area contributed by atoms with Gasteiger partial charge in [0.15, 0.2) is 6.20 Å². The fourth-order valence-corrected chi connectivity index (χ4v) is 7.00. The second kappa shape index (κ2) is 9.81. The molecule has 0 amide bonds. The molecule has 1 aliphatic rings. The van der Waals surface area contributed by atoms with Crippen LogP contribution in [0.25, 0.3) is 43.6 Å². The molecular formula is C40H45N2O+. The van der Waals surface area contributed by atoms with Crippen LogP contribution in [0.5, 0.6) is 11.5 Å². The summed E-state index contributed by atoms with van der Waals surface area (Å²) in [7, 11) is 2.16. The van der Waals surface area contributed by atoms with Crippen LogP contribution >= 0.6 is 0 Å². The van der Waals surface area contributed by atoms with Crippen molar-refractivity contribution in [2.45, 2.75) is 81.6 Å². The molecule has 0 unspecified atom stereocenters. The van der Waals surface area contributed by atoms with E-state index in [4.69, 9.17) is 4.74 Å². The summed E-state index contributed by atoms with van der Waals surface area (Å²) in [5, 5.41) is 16.9. The number of fused-ring (bicyclic) bond motifs is 5. The third-order valence-corrected chi connectivity index (χ3v) is 8.78. The van der Waals surface area contributed by atoms with Gasteiger partial charge in [-0.05, 0) is 95.2 Å². The molecule has 0 spiro atoms. The van der Waals surface area contributed by atoms with Crippen molar-refractivity contribution in [2.75, 3.05) is 0 Å². The Morgan fingerprint density at radius 1 is 0.721 bits per heavy atom. The van der Waals surface area contributed by atoms with Crippen LogP contribution in [-0.4, -0.2) is 0 Å². The van der Waals surface area contributed by atoms with Crippen molar-refractivity contribution in [3.63, 3.8) is 0 Å². The maximum absolute atomic E-state index is 9.65. The van der Waals surface area contributed by atoms with Crippen LogP contribution in [0.1, 0.15) is 77.6 Å². The van der Waals surface area contributed by atoms with Gasteiger partial charge in [0.05, 0.1) is 22.4 Å². The van der Waals surface area contributed by atoms with Crippen LogP contribution < -0.4 is 9.30 Å². The van der Waals surface area contributed by atoms with Gasteiger partial charge < -0.3 is 4.74 Å². The van der Waals surface area contributed by atoms with E-state index in [1.54, 1.807) is 0 Å². The minimum Gasteiger partial charge on any atom is -0.455 e. The Morgan fingerprint density at radius 2 is 1.37 bits per heavy atom. The second-order valence-electron chi connectivity index (χ2n) is 15.9. The highest BCUT2D eigenvalue weighted by atomic mass is 16.5. The average molecular weight is 570 g/mol. The summed E-state index contributed by atoms with van der Waals surface area (Å²) >= 11 is 0. The quantitative estimate of drug-likeness (QED) is 0.156. The summed E-state index contributed by atoms with van der Waals surface area (Å²) in [6.45, 7) is 20.2. The molecule has 220 valence electrons. The van der Waals surface area contributed by atoms with E-state index in [0.717, 1.165) is 35.1 Å². The molecule has 0 saturated heterocycles. The number of pyridine rings is 1. The Labute approximate surface area is 257 Å². The summed E-state index contributed by atoms with van der Waals surface area (Å²) < 4.78 is 9.47. The van der Waals surface area contributed by atoms with Gasteiger partial charge in [-0.15, -0.1) is 0 Å². The molecule has 43 heavy (non-hydrogen) atoms. The number of nitrogens with zero attached hydrogens (tertiary/aromatic N) is 2. The van der Waals surface area contributed by atoms with Crippen molar-refractivity contribution in [3.05, 3.63) is 77.0 Å². The van der Waals surface area contributed by atoms with E-state index in [-0.39, 0.29) is 10.8 Å². The van der Waals surface area contributed by atoms with Crippen LogP contribution in [-0.2, 0) is 26.3 Å². The number of ether oxygens (including phenoxy) is 1. The minimum absolute atomic E-state index is 0.0824. The molecule has 0 N–H and O–H groups in total. The molecule has 0 bridgehead atoms. The molecule has 6 rings (SSSR count). The van der Waals surface area contributed by atoms with E-state index in [2.05, 4.69) is 121 Å². The Morgan fingerprint density at radius 3 is 2.02 bits per heavy atom. The van der Waals surface area contributed by atoms with Crippen molar-refractivity contribution in [2.24, 2.45) is 23.3 Å². The first-order valence-corrected chi connectivity index (χ1v) is 15.6. The lowest BCUT2D eigenvalue weighted by atomic mass is 9.80. The Bertz CT molecular complexity index is 1990. The Balaban J connectivity index is 1.68. The standard InChI is InChI=1S/C40H45N2O/c1-24-31-18-26(20-38(2,3)4)12-14-30(31)32(22-39(5,6)7)37-33(24)35-34-27(15-16-42(35)10)19-28-17-25(21-40(8,9)23-41)11-13-29(28)36(34)43-37/h11-19H,20-22H2,1-10H3/q+1. The molecule has 3 heteroatoms. The first kappa shape index (κ1) is 29.2. The molecule has 1 aliphatic heterocycles. The van der Waals surface area contributed by atoms with E-state index in [1.807, 2.05) is 13.8 Å². The Kier molecular flexibility index (Phi) is 6.66. The highest BCUT2D eigenvalue weighted by Crippen LogP contribution is 2.53. The maximum Gasteiger partial charge on any atom is 0.228 e. The summed E-state index contributed by atoms with van der Waals surface area (Å²) in [6.07, 6.45) is 4.85. The van der Waals surface area contributed by atoms with Crippen LogP contribution in [0.4, 0.5) is 0 Å². The molecule has 0 aliphatic carbocycles. The molecular weight excluding hydrogens is 524 g/mol. The smallest absolute Gasteiger partial charge is 0.228 e. The lowest BCUT2D eigenvalue weighted by Gasteiger charge is -2.29. The third-order valence-electron chi connectivity index (χ3n) is 8.78. The Hall–Kier alpha value is -3.90. The molecule has 2 heterocycles. The van der Waals surface area contributed by atoms with Gasteiger partial charge in [-0.2, -0.15) is 5.26 Å². The van der Waals surface area contributed by atoms with Crippen LogP contribution in [0.3, 0.4) is 0 Å². The number of benzene rings is 4. The molecule has 0 radical (unpaired) electrons. The predicted molar refractivity (Wildman–Crippen MR) is 180 cm³/mol. The van der Waals surface area contributed by atoms with Gasteiger partial charge >= 0.3 is 0 Å². The number of aromatic nitrogens is 1. The van der Waals surface area contributed by atoms with Gasteiger partial charge in [0.25, 0.3) is 0 Å². The topological polar surface area (TPSA) is 36.9 Å². The zero-order valence-electron chi connectivity index (χ0n) is 27.6. The molecule has 0 saturated carbocycles. The first-order valence-electron chi connectivity index (χ1n) is 15.6. The van der Waals surface area contributed by atoms with E-state index >= 15 is 0 Å². The maximum atomic E-state index is 9.65. The largest absolute Gasteiger partial charge is 0.455 e. The van der Waals surface area contributed by atoms with Crippen molar-refractivity contribution in [3.8, 4) is 28.8 Å². The lowest BCUT2D eigenvalue weighted by molar-refractivity contribution is -0.659. The van der Waals surface area contributed by atoms with E-state index in [0.29, 0.717) is 6.42 Å². The predicted octanol–water partition coefficient (Wildman–Crippen LogP) is 10.3. The molecule has 1 aromatic heterocycles. The molecule has 0 fully saturated rings. The summed E-state index contributed by atoms with van der Waals surface area (Å²) in [4.78, 5) is 0. The van der Waals surface area contributed by atoms with E-state index < -0.39 is 5.41 Å². The van der Waals surface area contributed by atoms with Crippen molar-refractivity contribution >= 4 is 32.3 Å². The normalized spacial score (nSPS) is 13.3. The fourth-order valence-electron chi connectivity index (χ4n) is 7.00. The minimum atomic E-state index is -0.414. The number of aryl methyl sites for hydroxylation is 2. The number of nitriles is 1. The van der Waals surface area contributed by atoms with E-state index in [1.165, 1.54) is 55.1 Å². The van der Waals surface area contributed by atoms with Gasteiger partial charge in [0.2, 0.25) is 5.69 Å². The van der Waals surface area contributed by atoms with Gasteiger partial charge in [-0.3, -0.25) is 0 Å². The first-order chi connectivity index (χ1) is 20.0. The molecule has 5 aromatic rings. The molecule has 4 aromatic carbocycles. The van der Waals surface area contributed by atoms with Crippen LogP contribution in [0.15, 0.2) is 54.7 Å². The van der Waals surface area contributed by atoms with Crippen molar-refractivity contribution < 1.29 is 9.30 Å². The summed E-state index contributed by atoms with van der Waals surface area (Å²) in [5.41, 5.74) is 7.44. The average Bonchev–Trinajstić information content (AvgIpc) is 2.90. The lowest BCUT2D eigenvalue weighted by Crippen LogP contribution is -2.32. The monoisotopic (exact) mass is 569 g/mol. The SMILES string of the molecule is Cc1c2c(c(CC(C)(C)C)c3ccc(CC(C)(C)C)cc13)Oc1c3ccc(CC(C)(C)C#N)cc3cc3cc[n+](C)c-2c13. The van der Waals surface area contributed by atoms with Crippen molar-refractivity contribution in [1.29, 1.82) is 5.26 Å². The highest BCUT2D eigenvalue weighted by molar-refractivity contribution is 6.13. The fraction of sp³-hybridized carbons (Fsp3) is 0.400. The molecule has 3 nitrogen and oxygen atoms in total.